The molecule has 5 nitrogen and oxygen atoms in total. The van der Waals surface area contributed by atoms with E-state index in [2.05, 4.69) is 11.3 Å². The van der Waals surface area contributed by atoms with Crippen molar-refractivity contribution in [2.75, 3.05) is 0 Å². The van der Waals surface area contributed by atoms with Crippen LogP contribution >= 0.6 is 0 Å². The summed E-state index contributed by atoms with van der Waals surface area (Å²) in [5.74, 6) is -0.850. The third-order valence-electron chi connectivity index (χ3n) is 4.25. The molecule has 0 spiro atoms. The Kier molecular flexibility index (Phi) is 7.03. The highest BCUT2D eigenvalue weighted by Gasteiger charge is 2.32. The molecule has 0 aliphatic heterocycles. The number of carbonyl (C=O) groups excluding carboxylic acids is 1. The number of nitrogens with one attached hydrogen (secondary N) is 1. The molecular formula is C23H29NO4S. The maximum absolute atomic E-state index is 12.8. The lowest BCUT2D eigenvalue weighted by Crippen LogP contribution is -2.47. The molecule has 0 heterocycles. The highest BCUT2D eigenvalue weighted by molar-refractivity contribution is 7.89. The Labute approximate surface area is 173 Å². The predicted molar refractivity (Wildman–Crippen MR) is 117 cm³/mol. The highest BCUT2D eigenvalue weighted by atomic mass is 32.2. The highest BCUT2D eigenvalue weighted by Crippen LogP contribution is 2.23. The van der Waals surface area contributed by atoms with E-state index in [-0.39, 0.29) is 10.8 Å². The van der Waals surface area contributed by atoms with Gasteiger partial charge in [-0.2, -0.15) is 4.72 Å². The Morgan fingerprint density at radius 1 is 1.00 bits per heavy atom. The summed E-state index contributed by atoms with van der Waals surface area (Å²) in [4.78, 5) is 12.5. The fourth-order valence-electron chi connectivity index (χ4n) is 2.70. The van der Waals surface area contributed by atoms with Crippen LogP contribution in [0.5, 0.6) is 0 Å². The van der Waals surface area contributed by atoms with Gasteiger partial charge in [0.05, 0.1) is 4.90 Å². The zero-order valence-corrected chi connectivity index (χ0v) is 18.4. The van der Waals surface area contributed by atoms with Crippen molar-refractivity contribution in [1.29, 1.82) is 0 Å². The summed E-state index contributed by atoms with van der Waals surface area (Å²) in [6, 6.07) is 13.4. The maximum Gasteiger partial charge on any atom is 0.324 e. The van der Waals surface area contributed by atoms with Crippen molar-refractivity contribution in [3.8, 4) is 11.1 Å². The summed E-state index contributed by atoms with van der Waals surface area (Å²) in [7, 11) is -3.88. The molecule has 0 aliphatic rings. The van der Waals surface area contributed by atoms with Crippen LogP contribution in [0, 0.1) is 5.92 Å². The van der Waals surface area contributed by atoms with Crippen molar-refractivity contribution < 1.29 is 17.9 Å². The van der Waals surface area contributed by atoms with Crippen LogP contribution in [0.4, 0.5) is 0 Å². The SMILES string of the molecule is C=Cc1ccc(-c2ccc(S(=O)(=O)NC(C(=O)OC(C)(C)C)C(C)C)cc2)cc1. The van der Waals surface area contributed by atoms with Gasteiger partial charge in [-0.15, -0.1) is 0 Å². The molecule has 2 aromatic rings. The lowest BCUT2D eigenvalue weighted by Gasteiger charge is -2.26. The molecule has 2 aromatic carbocycles. The van der Waals surface area contributed by atoms with Crippen LogP contribution in [0.3, 0.4) is 0 Å². The minimum atomic E-state index is -3.88. The molecule has 1 unspecified atom stereocenters. The number of benzene rings is 2. The molecule has 156 valence electrons. The van der Waals surface area contributed by atoms with E-state index in [0.717, 1.165) is 16.7 Å². The second-order valence-corrected chi connectivity index (χ2v) is 9.94. The van der Waals surface area contributed by atoms with Gasteiger partial charge in [-0.1, -0.05) is 62.9 Å². The van der Waals surface area contributed by atoms with Crippen LogP contribution in [0.2, 0.25) is 0 Å². The minimum absolute atomic E-state index is 0.0955. The summed E-state index contributed by atoms with van der Waals surface area (Å²) in [6.07, 6.45) is 1.76. The van der Waals surface area contributed by atoms with Gasteiger partial charge in [0, 0.05) is 0 Å². The number of sulfonamides is 1. The zero-order valence-electron chi connectivity index (χ0n) is 17.6. The minimum Gasteiger partial charge on any atom is -0.459 e. The van der Waals surface area contributed by atoms with Crippen LogP contribution < -0.4 is 4.72 Å². The fraction of sp³-hybridized carbons (Fsp3) is 0.348. The van der Waals surface area contributed by atoms with Gasteiger partial charge >= 0.3 is 5.97 Å². The zero-order chi connectivity index (χ0) is 21.8. The van der Waals surface area contributed by atoms with E-state index in [1.165, 1.54) is 12.1 Å². The van der Waals surface area contributed by atoms with E-state index in [4.69, 9.17) is 4.74 Å². The first-order valence-corrected chi connectivity index (χ1v) is 11.0. The fourth-order valence-corrected chi connectivity index (χ4v) is 4.03. The van der Waals surface area contributed by atoms with Gasteiger partial charge < -0.3 is 4.74 Å². The molecule has 0 amide bonds. The van der Waals surface area contributed by atoms with Gasteiger partial charge in [0.1, 0.15) is 11.6 Å². The van der Waals surface area contributed by atoms with Gasteiger partial charge in [-0.3, -0.25) is 4.79 Å². The smallest absolute Gasteiger partial charge is 0.324 e. The summed E-state index contributed by atoms with van der Waals surface area (Å²) in [5.41, 5.74) is 2.19. The number of ether oxygens (including phenoxy) is 1. The number of carbonyl (C=O) groups is 1. The molecule has 0 bridgehead atoms. The van der Waals surface area contributed by atoms with E-state index in [1.807, 2.05) is 24.3 Å². The van der Waals surface area contributed by atoms with E-state index in [0.29, 0.717) is 0 Å². The molecule has 6 heteroatoms. The molecule has 1 N–H and O–H groups in total. The Morgan fingerprint density at radius 3 is 1.90 bits per heavy atom. The Balaban J connectivity index is 2.22. The average molecular weight is 416 g/mol. The first kappa shape index (κ1) is 22.8. The van der Waals surface area contributed by atoms with Crippen LogP contribution in [0.15, 0.2) is 60.0 Å². The van der Waals surface area contributed by atoms with Gasteiger partial charge in [0.2, 0.25) is 10.0 Å². The largest absolute Gasteiger partial charge is 0.459 e. The average Bonchev–Trinajstić information content (AvgIpc) is 2.64. The lowest BCUT2D eigenvalue weighted by molar-refractivity contribution is -0.158. The normalized spacial score (nSPS) is 13.2. The van der Waals surface area contributed by atoms with Gasteiger partial charge in [-0.05, 0) is 55.5 Å². The third kappa shape index (κ3) is 6.27. The number of hydrogen-bond donors (Lipinski definition) is 1. The van der Waals surface area contributed by atoms with E-state index >= 15 is 0 Å². The first-order chi connectivity index (χ1) is 13.4. The second-order valence-electron chi connectivity index (χ2n) is 8.23. The van der Waals surface area contributed by atoms with Gasteiger partial charge in [0.15, 0.2) is 0 Å². The van der Waals surface area contributed by atoms with E-state index in [9.17, 15) is 13.2 Å². The summed E-state index contributed by atoms with van der Waals surface area (Å²) >= 11 is 0. The molecular weight excluding hydrogens is 386 g/mol. The molecule has 0 aromatic heterocycles. The van der Waals surface area contributed by atoms with Gasteiger partial charge in [0.25, 0.3) is 0 Å². The van der Waals surface area contributed by atoms with Crippen LogP contribution in [0.25, 0.3) is 17.2 Å². The molecule has 2 rings (SSSR count). The van der Waals surface area contributed by atoms with Crippen LogP contribution in [-0.2, 0) is 19.6 Å². The van der Waals surface area contributed by atoms with Crippen LogP contribution in [0.1, 0.15) is 40.2 Å². The predicted octanol–water partition coefficient (Wildman–Crippen LogP) is 4.64. The van der Waals surface area contributed by atoms with Crippen molar-refractivity contribution in [1.82, 2.24) is 4.72 Å². The quantitative estimate of drug-likeness (QED) is 0.669. The number of hydrogen-bond acceptors (Lipinski definition) is 4. The van der Waals surface area contributed by atoms with Gasteiger partial charge in [-0.25, -0.2) is 8.42 Å². The molecule has 0 saturated carbocycles. The van der Waals surface area contributed by atoms with Crippen molar-refractivity contribution in [2.45, 2.75) is 51.2 Å². The molecule has 29 heavy (non-hydrogen) atoms. The lowest BCUT2D eigenvalue weighted by atomic mass is 10.0. The summed E-state index contributed by atoms with van der Waals surface area (Å²) in [6.45, 7) is 12.5. The van der Waals surface area contributed by atoms with Crippen LogP contribution in [-0.4, -0.2) is 26.0 Å². The van der Waals surface area contributed by atoms with Crippen molar-refractivity contribution in [3.05, 3.63) is 60.7 Å². The van der Waals surface area contributed by atoms with E-state index in [1.54, 1.807) is 52.8 Å². The maximum atomic E-state index is 12.8. The van der Waals surface area contributed by atoms with Crippen molar-refractivity contribution in [2.24, 2.45) is 5.92 Å². The molecule has 0 aliphatic carbocycles. The number of esters is 1. The summed E-state index contributed by atoms with van der Waals surface area (Å²) < 4.78 is 33.5. The second kappa shape index (κ2) is 8.93. The molecule has 0 fully saturated rings. The standard InChI is InChI=1S/C23H29NO4S/c1-7-17-8-10-18(11-9-17)19-12-14-20(15-13-19)29(26,27)24-21(16(2)3)22(25)28-23(4,5)6/h7-16,21,24H,1H2,2-6H3. The number of rotatable bonds is 7. The Morgan fingerprint density at radius 2 is 1.48 bits per heavy atom. The Hall–Kier alpha value is -2.44. The Bertz CT molecular complexity index is 953. The van der Waals surface area contributed by atoms with Crippen molar-refractivity contribution >= 4 is 22.1 Å². The first-order valence-electron chi connectivity index (χ1n) is 9.51. The monoisotopic (exact) mass is 415 g/mol. The van der Waals surface area contributed by atoms with Crippen molar-refractivity contribution in [3.63, 3.8) is 0 Å². The molecule has 0 radical (unpaired) electrons. The molecule has 0 saturated heterocycles. The topological polar surface area (TPSA) is 72.5 Å². The van der Waals surface area contributed by atoms with E-state index < -0.39 is 27.6 Å². The summed E-state index contributed by atoms with van der Waals surface area (Å²) in [5, 5.41) is 0. The third-order valence-corrected chi connectivity index (χ3v) is 5.71. The molecule has 1 atom stereocenters.